The van der Waals surface area contributed by atoms with Gasteiger partial charge >= 0.3 is 0 Å². The summed E-state index contributed by atoms with van der Waals surface area (Å²) in [5.41, 5.74) is 4.64. The zero-order valence-corrected chi connectivity index (χ0v) is 14.5. The Bertz CT molecular complexity index is 591. The van der Waals surface area contributed by atoms with Crippen LogP contribution in [0.25, 0.3) is 0 Å². The van der Waals surface area contributed by atoms with Crippen LogP contribution in [0.4, 0.5) is 5.69 Å². The third-order valence-corrected chi connectivity index (χ3v) is 4.56. The predicted molar refractivity (Wildman–Crippen MR) is 86.5 cm³/mol. The Morgan fingerprint density at radius 3 is 2.68 bits per heavy atom. The molecule has 0 saturated heterocycles. The third kappa shape index (κ3) is 3.20. The van der Waals surface area contributed by atoms with Crippen molar-refractivity contribution in [3.8, 4) is 0 Å². The standard InChI is InChI=1S/C14H17Br2N3/c1-4-11-14(16)13(19(3)18-11)8-17-12-7-10(15)6-5-9(12)2/h5-7,17H,4,8H2,1-3H3. The SMILES string of the molecule is CCc1nn(C)c(CNc2cc(Br)ccc2C)c1Br. The highest BCUT2D eigenvalue weighted by Crippen LogP contribution is 2.25. The van der Waals surface area contributed by atoms with Gasteiger partial charge in [0.25, 0.3) is 0 Å². The van der Waals surface area contributed by atoms with E-state index in [0.717, 1.165) is 39.0 Å². The van der Waals surface area contributed by atoms with E-state index < -0.39 is 0 Å². The first-order chi connectivity index (χ1) is 9.02. The second-order valence-corrected chi connectivity index (χ2v) is 6.21. The maximum Gasteiger partial charge on any atom is 0.0767 e. The number of anilines is 1. The monoisotopic (exact) mass is 385 g/mol. The summed E-state index contributed by atoms with van der Waals surface area (Å²) >= 11 is 7.14. The topological polar surface area (TPSA) is 29.9 Å². The number of hydrogen-bond acceptors (Lipinski definition) is 2. The summed E-state index contributed by atoms with van der Waals surface area (Å²) in [5, 5.41) is 7.97. The average Bonchev–Trinajstić information content (AvgIpc) is 2.66. The Kier molecular flexibility index (Phi) is 4.68. The molecule has 0 unspecified atom stereocenters. The van der Waals surface area contributed by atoms with E-state index >= 15 is 0 Å². The van der Waals surface area contributed by atoms with Gasteiger partial charge in [0.2, 0.25) is 0 Å². The molecule has 0 fully saturated rings. The van der Waals surface area contributed by atoms with Crippen molar-refractivity contribution in [3.63, 3.8) is 0 Å². The van der Waals surface area contributed by atoms with Crippen LogP contribution in [-0.2, 0) is 20.0 Å². The molecule has 0 atom stereocenters. The maximum absolute atomic E-state index is 4.50. The molecule has 1 heterocycles. The van der Waals surface area contributed by atoms with Gasteiger partial charge in [0.1, 0.15) is 0 Å². The summed E-state index contributed by atoms with van der Waals surface area (Å²) in [6, 6.07) is 6.25. The summed E-state index contributed by atoms with van der Waals surface area (Å²) in [5.74, 6) is 0. The number of hydrogen-bond donors (Lipinski definition) is 1. The number of halogens is 2. The summed E-state index contributed by atoms with van der Waals surface area (Å²) < 4.78 is 4.13. The van der Waals surface area contributed by atoms with Crippen molar-refractivity contribution in [1.29, 1.82) is 0 Å². The van der Waals surface area contributed by atoms with Crippen LogP contribution < -0.4 is 5.32 Å². The van der Waals surface area contributed by atoms with Crippen molar-refractivity contribution in [2.45, 2.75) is 26.8 Å². The van der Waals surface area contributed by atoms with Gasteiger partial charge in [0, 0.05) is 17.2 Å². The highest BCUT2D eigenvalue weighted by atomic mass is 79.9. The second-order valence-electron chi connectivity index (χ2n) is 4.50. The van der Waals surface area contributed by atoms with Gasteiger partial charge in [-0.1, -0.05) is 28.9 Å². The van der Waals surface area contributed by atoms with Gasteiger partial charge in [-0.2, -0.15) is 5.10 Å². The zero-order chi connectivity index (χ0) is 14.0. The number of rotatable bonds is 4. The smallest absolute Gasteiger partial charge is 0.0767 e. The molecule has 2 aromatic rings. The molecule has 0 spiro atoms. The number of nitrogens with one attached hydrogen (secondary N) is 1. The van der Waals surface area contributed by atoms with Gasteiger partial charge in [-0.25, -0.2) is 0 Å². The number of benzene rings is 1. The summed E-state index contributed by atoms with van der Waals surface area (Å²) in [6.45, 7) is 4.97. The Morgan fingerprint density at radius 2 is 2.05 bits per heavy atom. The Morgan fingerprint density at radius 1 is 1.32 bits per heavy atom. The largest absolute Gasteiger partial charge is 0.379 e. The third-order valence-electron chi connectivity index (χ3n) is 3.15. The van der Waals surface area contributed by atoms with Crippen molar-refractivity contribution in [2.24, 2.45) is 7.05 Å². The molecule has 0 amide bonds. The first-order valence-corrected chi connectivity index (χ1v) is 7.81. The first-order valence-electron chi connectivity index (χ1n) is 6.23. The Labute approximate surface area is 130 Å². The van der Waals surface area contributed by atoms with E-state index in [9.17, 15) is 0 Å². The van der Waals surface area contributed by atoms with Crippen LogP contribution >= 0.6 is 31.9 Å². The number of aryl methyl sites for hydroxylation is 3. The van der Waals surface area contributed by atoms with Crippen LogP contribution in [0.5, 0.6) is 0 Å². The van der Waals surface area contributed by atoms with E-state index in [4.69, 9.17) is 0 Å². The number of aromatic nitrogens is 2. The molecule has 19 heavy (non-hydrogen) atoms. The molecule has 5 heteroatoms. The lowest BCUT2D eigenvalue weighted by atomic mass is 10.2. The van der Waals surface area contributed by atoms with Crippen molar-refractivity contribution in [1.82, 2.24) is 9.78 Å². The molecule has 0 aliphatic heterocycles. The first kappa shape index (κ1) is 14.6. The molecule has 0 aliphatic rings. The van der Waals surface area contributed by atoms with E-state index in [0.29, 0.717) is 0 Å². The minimum atomic E-state index is 0.751. The van der Waals surface area contributed by atoms with Crippen molar-refractivity contribution in [3.05, 3.63) is 44.1 Å². The molecule has 0 saturated carbocycles. The van der Waals surface area contributed by atoms with Gasteiger partial charge in [0.15, 0.2) is 0 Å². The van der Waals surface area contributed by atoms with Crippen LogP contribution in [0, 0.1) is 6.92 Å². The normalized spacial score (nSPS) is 10.8. The molecular formula is C14H17Br2N3. The average molecular weight is 387 g/mol. The maximum atomic E-state index is 4.50. The van der Waals surface area contributed by atoms with E-state index in [1.54, 1.807) is 0 Å². The van der Waals surface area contributed by atoms with Gasteiger partial charge in [-0.3, -0.25) is 4.68 Å². The van der Waals surface area contributed by atoms with Crippen LogP contribution in [-0.4, -0.2) is 9.78 Å². The zero-order valence-electron chi connectivity index (χ0n) is 11.3. The molecule has 0 bridgehead atoms. The lowest BCUT2D eigenvalue weighted by Crippen LogP contribution is -2.06. The van der Waals surface area contributed by atoms with Gasteiger partial charge in [0.05, 0.1) is 22.4 Å². The Hall–Kier alpha value is -0.810. The lowest BCUT2D eigenvalue weighted by molar-refractivity contribution is 0.706. The van der Waals surface area contributed by atoms with E-state index in [1.165, 1.54) is 5.56 Å². The van der Waals surface area contributed by atoms with Gasteiger partial charge < -0.3 is 5.32 Å². The van der Waals surface area contributed by atoms with Gasteiger partial charge in [-0.05, 0) is 47.0 Å². The van der Waals surface area contributed by atoms with Crippen molar-refractivity contribution < 1.29 is 0 Å². The Balaban J connectivity index is 2.19. The van der Waals surface area contributed by atoms with Crippen LogP contribution in [0.2, 0.25) is 0 Å². The fourth-order valence-electron chi connectivity index (χ4n) is 1.98. The molecule has 1 aromatic heterocycles. The summed E-state index contributed by atoms with van der Waals surface area (Å²) in [7, 11) is 1.98. The minimum Gasteiger partial charge on any atom is -0.379 e. The molecule has 1 N–H and O–H groups in total. The highest BCUT2D eigenvalue weighted by molar-refractivity contribution is 9.10. The van der Waals surface area contributed by atoms with E-state index in [2.05, 4.69) is 74.3 Å². The molecule has 2 rings (SSSR count). The van der Waals surface area contributed by atoms with Gasteiger partial charge in [-0.15, -0.1) is 0 Å². The molecular weight excluding hydrogens is 370 g/mol. The highest BCUT2D eigenvalue weighted by Gasteiger charge is 2.12. The molecule has 0 aliphatic carbocycles. The molecule has 3 nitrogen and oxygen atoms in total. The van der Waals surface area contributed by atoms with Crippen LogP contribution in [0.3, 0.4) is 0 Å². The van der Waals surface area contributed by atoms with Crippen molar-refractivity contribution >= 4 is 37.5 Å². The predicted octanol–water partition coefficient (Wildman–Crippen LogP) is 4.43. The molecule has 0 radical (unpaired) electrons. The van der Waals surface area contributed by atoms with Crippen LogP contribution in [0.15, 0.2) is 27.1 Å². The van der Waals surface area contributed by atoms with E-state index in [-0.39, 0.29) is 0 Å². The second kappa shape index (κ2) is 6.09. The number of nitrogens with zero attached hydrogens (tertiary/aromatic N) is 2. The lowest BCUT2D eigenvalue weighted by Gasteiger charge is -2.10. The molecule has 1 aromatic carbocycles. The van der Waals surface area contributed by atoms with Crippen LogP contribution in [0.1, 0.15) is 23.9 Å². The fraction of sp³-hybridized carbons (Fsp3) is 0.357. The fourth-order valence-corrected chi connectivity index (χ4v) is 3.09. The minimum absolute atomic E-state index is 0.751. The summed E-state index contributed by atoms with van der Waals surface area (Å²) in [4.78, 5) is 0. The quantitative estimate of drug-likeness (QED) is 0.842. The summed E-state index contributed by atoms with van der Waals surface area (Å²) in [6.07, 6.45) is 0.935. The molecule has 102 valence electrons. The van der Waals surface area contributed by atoms with Crippen molar-refractivity contribution in [2.75, 3.05) is 5.32 Å². The van der Waals surface area contributed by atoms with E-state index in [1.807, 2.05) is 11.7 Å².